The Labute approximate surface area is 202 Å². The molecule has 2 aromatic carbocycles. The minimum absolute atomic E-state index is 0.218. The van der Waals surface area contributed by atoms with Crippen LogP contribution in [-0.4, -0.2) is 51.7 Å². The summed E-state index contributed by atoms with van der Waals surface area (Å²) in [6.45, 7) is 3.13. The Balaban J connectivity index is 1.56. The number of sulfonamides is 1. The van der Waals surface area contributed by atoms with E-state index >= 15 is 0 Å². The van der Waals surface area contributed by atoms with Crippen LogP contribution >= 0.6 is 0 Å². The summed E-state index contributed by atoms with van der Waals surface area (Å²) in [6.07, 6.45) is 1.71. The number of benzene rings is 2. The van der Waals surface area contributed by atoms with Gasteiger partial charge in [-0.2, -0.15) is 0 Å². The van der Waals surface area contributed by atoms with Crippen LogP contribution in [-0.2, 0) is 21.3 Å². The Morgan fingerprint density at radius 3 is 2.57 bits per heavy atom. The van der Waals surface area contributed by atoms with Crippen LogP contribution in [0.1, 0.15) is 5.56 Å². The molecule has 0 radical (unpaired) electrons. The lowest BCUT2D eigenvalue weighted by Crippen LogP contribution is -2.36. The maximum Gasteiger partial charge on any atom is 0.270 e. The predicted molar refractivity (Wildman–Crippen MR) is 131 cm³/mol. The number of rotatable bonds is 9. The minimum atomic E-state index is -4.19. The van der Waals surface area contributed by atoms with Gasteiger partial charge < -0.3 is 19.7 Å². The number of nitrogens with zero attached hydrogens (tertiary/aromatic N) is 3. The third-order valence-electron chi connectivity index (χ3n) is 5.44. The molecule has 0 amide bonds. The van der Waals surface area contributed by atoms with Gasteiger partial charge >= 0.3 is 0 Å². The van der Waals surface area contributed by atoms with Crippen molar-refractivity contribution in [3.05, 3.63) is 76.5 Å². The molecule has 0 spiro atoms. The van der Waals surface area contributed by atoms with Gasteiger partial charge in [0.15, 0.2) is 0 Å². The van der Waals surface area contributed by atoms with E-state index in [2.05, 4.69) is 19.9 Å². The first-order valence-corrected chi connectivity index (χ1v) is 12.3. The van der Waals surface area contributed by atoms with Crippen LogP contribution in [0.25, 0.3) is 0 Å². The molecule has 2 heterocycles. The number of methoxy groups -OCH3 is 1. The minimum Gasteiger partial charge on any atom is -0.495 e. The van der Waals surface area contributed by atoms with Crippen LogP contribution in [0, 0.1) is 10.1 Å². The lowest BCUT2D eigenvalue weighted by molar-refractivity contribution is -0.385. The number of nitrogens with one attached hydrogen (secondary N) is 2. The van der Waals surface area contributed by atoms with E-state index in [-0.39, 0.29) is 28.5 Å². The molecule has 0 bridgehead atoms. The maximum atomic E-state index is 13.2. The van der Waals surface area contributed by atoms with E-state index in [4.69, 9.17) is 9.47 Å². The number of anilines is 3. The van der Waals surface area contributed by atoms with Crippen molar-refractivity contribution in [2.45, 2.75) is 11.4 Å². The Hall–Kier alpha value is -3.90. The summed E-state index contributed by atoms with van der Waals surface area (Å²) in [7, 11) is -2.77. The molecule has 35 heavy (non-hydrogen) atoms. The Morgan fingerprint density at radius 1 is 1.11 bits per heavy atom. The molecule has 2 N–H and O–H groups in total. The molecule has 12 heteroatoms. The summed E-state index contributed by atoms with van der Waals surface area (Å²) >= 11 is 0. The zero-order valence-electron chi connectivity index (χ0n) is 19.0. The Kier molecular flexibility index (Phi) is 7.32. The van der Waals surface area contributed by atoms with Gasteiger partial charge in [0.05, 0.1) is 36.6 Å². The normalized spacial score (nSPS) is 13.8. The standard InChI is InChI=1S/C23H25N5O6S/c1-33-21-5-3-2-4-19(21)26-35(31,32)22-14-18(28(29)30)7-8-20(22)24-15-17-6-9-23(25-16-17)27-10-12-34-13-11-27/h2-9,14,16,24,26H,10-13,15H2,1H3. The van der Waals surface area contributed by atoms with Crippen molar-refractivity contribution in [2.24, 2.45) is 0 Å². The van der Waals surface area contributed by atoms with Crippen molar-refractivity contribution in [3.8, 4) is 5.75 Å². The number of pyridine rings is 1. The van der Waals surface area contributed by atoms with Gasteiger partial charge in [-0.05, 0) is 29.8 Å². The molecule has 0 saturated carbocycles. The van der Waals surface area contributed by atoms with Crippen molar-refractivity contribution in [2.75, 3.05) is 48.4 Å². The van der Waals surface area contributed by atoms with Crippen LogP contribution in [0.3, 0.4) is 0 Å². The summed E-state index contributed by atoms with van der Waals surface area (Å²) in [5.74, 6) is 1.17. The van der Waals surface area contributed by atoms with E-state index in [0.717, 1.165) is 30.5 Å². The molecule has 1 aromatic heterocycles. The van der Waals surface area contributed by atoms with Crippen molar-refractivity contribution in [3.63, 3.8) is 0 Å². The summed E-state index contributed by atoms with van der Waals surface area (Å²) in [4.78, 5) is 17.1. The number of hydrogen-bond acceptors (Lipinski definition) is 9. The molecular formula is C23H25N5O6S. The first-order valence-electron chi connectivity index (χ1n) is 10.8. The van der Waals surface area contributed by atoms with Crippen molar-refractivity contribution < 1.29 is 22.8 Å². The third kappa shape index (κ3) is 5.78. The highest BCUT2D eigenvalue weighted by Gasteiger charge is 2.24. The zero-order chi connectivity index (χ0) is 24.8. The number of nitro benzene ring substituents is 1. The van der Waals surface area contributed by atoms with Crippen molar-refractivity contribution in [1.82, 2.24) is 4.98 Å². The molecule has 184 valence electrons. The van der Waals surface area contributed by atoms with Crippen LogP contribution in [0.2, 0.25) is 0 Å². The number of nitro groups is 1. The van der Waals surface area contributed by atoms with E-state index in [1.807, 2.05) is 12.1 Å². The van der Waals surface area contributed by atoms with Crippen LogP contribution in [0.4, 0.5) is 22.9 Å². The first-order chi connectivity index (χ1) is 16.9. The van der Waals surface area contributed by atoms with Gasteiger partial charge in [0.1, 0.15) is 16.5 Å². The highest BCUT2D eigenvalue weighted by molar-refractivity contribution is 7.93. The van der Waals surface area contributed by atoms with Gasteiger partial charge in [0, 0.05) is 38.0 Å². The van der Waals surface area contributed by atoms with Gasteiger partial charge in [-0.15, -0.1) is 0 Å². The van der Waals surface area contributed by atoms with Gasteiger partial charge in [-0.1, -0.05) is 18.2 Å². The fourth-order valence-corrected chi connectivity index (χ4v) is 4.89. The molecule has 3 aromatic rings. The second-order valence-electron chi connectivity index (χ2n) is 7.72. The number of non-ortho nitro benzene ring substituents is 1. The van der Waals surface area contributed by atoms with Crippen LogP contribution < -0.4 is 19.7 Å². The van der Waals surface area contributed by atoms with Gasteiger partial charge in [0.2, 0.25) is 0 Å². The second kappa shape index (κ2) is 10.6. The lowest BCUT2D eigenvalue weighted by Gasteiger charge is -2.27. The number of aromatic nitrogens is 1. The van der Waals surface area contributed by atoms with E-state index in [1.165, 1.54) is 19.2 Å². The highest BCUT2D eigenvalue weighted by Crippen LogP contribution is 2.31. The monoisotopic (exact) mass is 499 g/mol. The molecule has 1 aliphatic rings. The maximum absolute atomic E-state index is 13.2. The Morgan fingerprint density at radius 2 is 1.89 bits per heavy atom. The van der Waals surface area contributed by atoms with Gasteiger partial charge in [-0.25, -0.2) is 13.4 Å². The summed E-state index contributed by atoms with van der Waals surface area (Å²) in [6, 6.07) is 14.0. The fourth-order valence-electron chi connectivity index (χ4n) is 3.62. The average Bonchev–Trinajstić information content (AvgIpc) is 2.88. The highest BCUT2D eigenvalue weighted by atomic mass is 32.2. The molecule has 1 fully saturated rings. The number of para-hydroxylation sites is 2. The van der Waals surface area contributed by atoms with Crippen molar-refractivity contribution in [1.29, 1.82) is 0 Å². The van der Waals surface area contributed by atoms with E-state index in [0.29, 0.717) is 19.0 Å². The Bertz CT molecular complexity index is 1290. The summed E-state index contributed by atoms with van der Waals surface area (Å²) in [5.41, 5.74) is 0.916. The van der Waals surface area contributed by atoms with Crippen LogP contribution in [0.5, 0.6) is 5.75 Å². The molecule has 0 unspecified atom stereocenters. The van der Waals surface area contributed by atoms with Gasteiger partial charge in [0.25, 0.3) is 15.7 Å². The summed E-state index contributed by atoms with van der Waals surface area (Å²) < 4.78 is 39.5. The SMILES string of the molecule is COc1ccccc1NS(=O)(=O)c1cc([N+](=O)[O-])ccc1NCc1ccc(N2CCOCC2)nc1. The third-order valence-corrected chi connectivity index (χ3v) is 6.85. The van der Waals surface area contributed by atoms with Gasteiger partial charge in [-0.3, -0.25) is 14.8 Å². The number of hydrogen-bond donors (Lipinski definition) is 2. The average molecular weight is 500 g/mol. The van der Waals surface area contributed by atoms with E-state index < -0.39 is 14.9 Å². The quantitative estimate of drug-likeness (QED) is 0.336. The molecular weight excluding hydrogens is 474 g/mol. The van der Waals surface area contributed by atoms with E-state index in [1.54, 1.807) is 30.5 Å². The molecule has 11 nitrogen and oxygen atoms in total. The fraction of sp³-hybridized carbons (Fsp3) is 0.261. The lowest BCUT2D eigenvalue weighted by atomic mass is 10.2. The van der Waals surface area contributed by atoms with E-state index in [9.17, 15) is 18.5 Å². The number of ether oxygens (including phenoxy) is 2. The summed E-state index contributed by atoms with van der Waals surface area (Å²) in [5, 5.41) is 14.4. The number of morpholine rings is 1. The molecule has 1 aliphatic heterocycles. The topological polar surface area (TPSA) is 136 Å². The molecule has 1 saturated heterocycles. The smallest absolute Gasteiger partial charge is 0.270 e. The molecule has 0 atom stereocenters. The molecule has 0 aliphatic carbocycles. The largest absolute Gasteiger partial charge is 0.495 e. The zero-order valence-corrected chi connectivity index (χ0v) is 19.8. The predicted octanol–water partition coefficient (Wildman–Crippen LogP) is 3.25. The van der Waals surface area contributed by atoms with Crippen molar-refractivity contribution >= 4 is 32.9 Å². The second-order valence-corrected chi connectivity index (χ2v) is 9.37. The molecule has 4 rings (SSSR count). The van der Waals surface area contributed by atoms with Crippen LogP contribution in [0.15, 0.2) is 65.7 Å². The first kappa shape index (κ1) is 24.2.